The first kappa shape index (κ1) is 18.3. The topological polar surface area (TPSA) is 49.8 Å². The standard InChI is InChI=1S/C20H21F2NO3/c21-16-6-7-18(22)17(12-16)19(24)15-8-10-23(11-9-15)20(25)26-13-14-4-2-1-3-5-14/h1-7,12,15,19,24H,8-11,13H2. The first-order valence-corrected chi connectivity index (χ1v) is 8.63. The molecule has 0 aromatic heterocycles. The molecule has 0 aliphatic carbocycles. The van der Waals surface area contributed by atoms with Gasteiger partial charge in [-0.15, -0.1) is 0 Å². The highest BCUT2D eigenvalue weighted by atomic mass is 19.1. The van der Waals surface area contributed by atoms with E-state index in [4.69, 9.17) is 4.74 Å². The maximum Gasteiger partial charge on any atom is 0.410 e. The second-order valence-electron chi connectivity index (χ2n) is 6.48. The lowest BCUT2D eigenvalue weighted by atomic mass is 9.87. The summed E-state index contributed by atoms with van der Waals surface area (Å²) in [5.41, 5.74) is 0.878. The third kappa shape index (κ3) is 4.38. The average Bonchev–Trinajstić information content (AvgIpc) is 2.68. The Balaban J connectivity index is 1.52. The summed E-state index contributed by atoms with van der Waals surface area (Å²) in [6, 6.07) is 12.5. The lowest BCUT2D eigenvalue weighted by Crippen LogP contribution is -2.40. The zero-order valence-electron chi connectivity index (χ0n) is 14.3. The van der Waals surface area contributed by atoms with Crippen LogP contribution in [0.3, 0.4) is 0 Å². The molecule has 1 unspecified atom stereocenters. The van der Waals surface area contributed by atoms with Gasteiger partial charge in [0.1, 0.15) is 18.2 Å². The van der Waals surface area contributed by atoms with E-state index in [-0.39, 0.29) is 18.1 Å². The summed E-state index contributed by atoms with van der Waals surface area (Å²) < 4.78 is 32.4. The van der Waals surface area contributed by atoms with Crippen molar-refractivity contribution in [1.82, 2.24) is 4.90 Å². The molecular weight excluding hydrogens is 340 g/mol. The largest absolute Gasteiger partial charge is 0.445 e. The summed E-state index contributed by atoms with van der Waals surface area (Å²) in [5.74, 6) is -1.43. The van der Waals surface area contributed by atoms with Gasteiger partial charge in [-0.1, -0.05) is 30.3 Å². The van der Waals surface area contributed by atoms with Gasteiger partial charge >= 0.3 is 6.09 Å². The zero-order chi connectivity index (χ0) is 18.5. The monoisotopic (exact) mass is 361 g/mol. The highest BCUT2D eigenvalue weighted by Gasteiger charge is 2.30. The number of carbonyl (C=O) groups is 1. The first-order valence-electron chi connectivity index (χ1n) is 8.63. The molecule has 26 heavy (non-hydrogen) atoms. The Hall–Kier alpha value is -2.47. The predicted octanol–water partition coefficient (Wildman–Crippen LogP) is 4.05. The van der Waals surface area contributed by atoms with Crippen molar-refractivity contribution >= 4 is 6.09 Å². The number of rotatable bonds is 4. The molecule has 1 saturated heterocycles. The molecule has 0 bridgehead atoms. The van der Waals surface area contributed by atoms with E-state index in [9.17, 15) is 18.7 Å². The number of aliphatic hydroxyl groups is 1. The lowest BCUT2D eigenvalue weighted by molar-refractivity contribution is 0.0433. The highest BCUT2D eigenvalue weighted by Crippen LogP contribution is 2.32. The molecule has 2 aromatic rings. The number of hydrogen-bond acceptors (Lipinski definition) is 3. The van der Waals surface area contributed by atoms with Gasteiger partial charge in [0.05, 0.1) is 6.10 Å². The van der Waals surface area contributed by atoms with Crippen LogP contribution in [0.4, 0.5) is 13.6 Å². The summed E-state index contributed by atoms with van der Waals surface area (Å²) in [6.45, 7) is 1.02. The predicted molar refractivity (Wildman–Crippen MR) is 92.2 cm³/mol. The molecule has 1 N–H and O–H groups in total. The first-order chi connectivity index (χ1) is 12.5. The molecule has 4 nitrogen and oxygen atoms in total. The van der Waals surface area contributed by atoms with Gasteiger partial charge in [0.2, 0.25) is 0 Å². The summed E-state index contributed by atoms with van der Waals surface area (Å²) in [5, 5.41) is 10.4. The maximum atomic E-state index is 13.8. The van der Waals surface area contributed by atoms with Crippen LogP contribution in [0.5, 0.6) is 0 Å². The summed E-state index contributed by atoms with van der Waals surface area (Å²) in [4.78, 5) is 13.7. The van der Waals surface area contributed by atoms with E-state index in [2.05, 4.69) is 0 Å². The molecule has 1 amide bonds. The van der Waals surface area contributed by atoms with Gasteiger partial charge in [-0.2, -0.15) is 0 Å². The Morgan fingerprint density at radius 3 is 2.54 bits per heavy atom. The van der Waals surface area contributed by atoms with Crippen molar-refractivity contribution in [3.8, 4) is 0 Å². The molecule has 6 heteroatoms. The van der Waals surface area contributed by atoms with Crippen molar-refractivity contribution in [2.45, 2.75) is 25.6 Å². The summed E-state index contributed by atoms with van der Waals surface area (Å²) >= 11 is 0. The number of ether oxygens (including phenoxy) is 1. The van der Waals surface area contributed by atoms with Crippen molar-refractivity contribution in [1.29, 1.82) is 0 Å². The van der Waals surface area contributed by atoms with Crippen LogP contribution in [0.1, 0.15) is 30.1 Å². The van der Waals surface area contributed by atoms with Crippen LogP contribution >= 0.6 is 0 Å². The zero-order valence-corrected chi connectivity index (χ0v) is 14.3. The van der Waals surface area contributed by atoms with E-state index >= 15 is 0 Å². The molecule has 138 valence electrons. The molecule has 0 radical (unpaired) electrons. The van der Waals surface area contributed by atoms with Crippen molar-refractivity contribution < 1.29 is 23.4 Å². The highest BCUT2D eigenvalue weighted by molar-refractivity contribution is 5.67. The fraction of sp³-hybridized carbons (Fsp3) is 0.350. The number of nitrogens with zero attached hydrogens (tertiary/aromatic N) is 1. The third-order valence-electron chi connectivity index (χ3n) is 4.73. The van der Waals surface area contributed by atoms with Crippen LogP contribution in [-0.2, 0) is 11.3 Å². The summed E-state index contributed by atoms with van der Waals surface area (Å²) in [6.07, 6.45) is -0.498. The Morgan fingerprint density at radius 2 is 1.85 bits per heavy atom. The second-order valence-corrected chi connectivity index (χ2v) is 6.48. The quantitative estimate of drug-likeness (QED) is 0.894. The number of benzene rings is 2. The van der Waals surface area contributed by atoms with Crippen LogP contribution in [0, 0.1) is 17.6 Å². The minimum Gasteiger partial charge on any atom is -0.445 e. The summed E-state index contributed by atoms with van der Waals surface area (Å²) in [7, 11) is 0. The van der Waals surface area contributed by atoms with Gasteiger partial charge in [-0.25, -0.2) is 13.6 Å². The number of likely N-dealkylation sites (tertiary alicyclic amines) is 1. The van der Waals surface area contributed by atoms with Crippen molar-refractivity contribution in [2.75, 3.05) is 13.1 Å². The molecular formula is C20H21F2NO3. The van der Waals surface area contributed by atoms with E-state index in [0.717, 1.165) is 23.8 Å². The van der Waals surface area contributed by atoms with E-state index in [1.807, 2.05) is 30.3 Å². The molecule has 2 aromatic carbocycles. The smallest absolute Gasteiger partial charge is 0.410 e. The SMILES string of the molecule is O=C(OCc1ccccc1)N1CCC(C(O)c2cc(F)ccc2F)CC1. The number of piperidine rings is 1. The van der Waals surface area contributed by atoms with Crippen LogP contribution < -0.4 is 0 Å². The van der Waals surface area contributed by atoms with Crippen LogP contribution in [0.25, 0.3) is 0 Å². The van der Waals surface area contributed by atoms with Gasteiger partial charge in [-0.3, -0.25) is 0 Å². The maximum absolute atomic E-state index is 13.8. The third-order valence-corrected chi connectivity index (χ3v) is 4.73. The van der Waals surface area contributed by atoms with Crippen LogP contribution in [0.15, 0.2) is 48.5 Å². The van der Waals surface area contributed by atoms with E-state index in [1.165, 1.54) is 0 Å². The van der Waals surface area contributed by atoms with Crippen molar-refractivity contribution in [3.63, 3.8) is 0 Å². The van der Waals surface area contributed by atoms with Gasteiger partial charge in [0.25, 0.3) is 0 Å². The molecule has 3 rings (SSSR count). The Kier molecular flexibility index (Phi) is 5.83. The normalized spacial score (nSPS) is 16.3. The van der Waals surface area contributed by atoms with E-state index in [0.29, 0.717) is 25.9 Å². The van der Waals surface area contributed by atoms with E-state index < -0.39 is 23.8 Å². The fourth-order valence-corrected chi connectivity index (χ4v) is 3.20. The minimum absolute atomic E-state index is 0.0323. The lowest BCUT2D eigenvalue weighted by Gasteiger charge is -2.33. The molecule has 1 fully saturated rings. The number of hydrogen-bond donors (Lipinski definition) is 1. The number of carbonyl (C=O) groups excluding carboxylic acids is 1. The van der Waals surface area contributed by atoms with Crippen molar-refractivity contribution in [2.24, 2.45) is 5.92 Å². The Bertz CT molecular complexity index is 746. The second kappa shape index (κ2) is 8.27. The molecule has 0 saturated carbocycles. The number of halogens is 2. The molecule has 1 heterocycles. The van der Waals surface area contributed by atoms with E-state index in [1.54, 1.807) is 4.90 Å². The number of amides is 1. The minimum atomic E-state index is -1.09. The number of aliphatic hydroxyl groups excluding tert-OH is 1. The fourth-order valence-electron chi connectivity index (χ4n) is 3.20. The average molecular weight is 361 g/mol. The molecule has 1 aliphatic rings. The van der Waals surface area contributed by atoms with Crippen LogP contribution in [0.2, 0.25) is 0 Å². The van der Waals surface area contributed by atoms with Crippen molar-refractivity contribution in [3.05, 3.63) is 71.3 Å². The molecule has 1 atom stereocenters. The Labute approximate surface area is 151 Å². The molecule has 0 spiro atoms. The van der Waals surface area contributed by atoms with Gasteiger partial charge in [-0.05, 0) is 42.5 Å². The molecule has 1 aliphatic heterocycles. The van der Waals surface area contributed by atoms with Gasteiger partial charge in [0.15, 0.2) is 0 Å². The van der Waals surface area contributed by atoms with Gasteiger partial charge in [0, 0.05) is 18.7 Å². The Morgan fingerprint density at radius 1 is 1.15 bits per heavy atom. The van der Waals surface area contributed by atoms with Gasteiger partial charge < -0.3 is 14.7 Å². The van der Waals surface area contributed by atoms with Crippen LogP contribution in [-0.4, -0.2) is 29.2 Å².